The predicted octanol–water partition coefficient (Wildman–Crippen LogP) is 3.49. The number of hydrogen-bond donors (Lipinski definition) is 2. The summed E-state index contributed by atoms with van der Waals surface area (Å²) < 4.78 is 28.9. The maximum absolute atomic E-state index is 12.6. The quantitative estimate of drug-likeness (QED) is 0.447. The van der Waals surface area contributed by atoms with Crippen LogP contribution in [-0.4, -0.2) is 24.9 Å². The highest BCUT2D eigenvalue weighted by molar-refractivity contribution is 7.88. The van der Waals surface area contributed by atoms with Gasteiger partial charge in [0.2, 0.25) is 10.0 Å². The number of aromatic nitrogens is 1. The lowest BCUT2D eigenvalue weighted by molar-refractivity contribution is -0.117. The summed E-state index contributed by atoms with van der Waals surface area (Å²) in [6, 6.07) is 11.4. The van der Waals surface area contributed by atoms with E-state index in [0.717, 1.165) is 22.5 Å². The molecule has 1 aliphatic rings. The van der Waals surface area contributed by atoms with Crippen LogP contribution in [-0.2, 0) is 27.1 Å². The van der Waals surface area contributed by atoms with E-state index in [4.69, 9.17) is 0 Å². The van der Waals surface area contributed by atoms with Crippen molar-refractivity contribution in [2.45, 2.75) is 64.9 Å². The van der Waals surface area contributed by atoms with Crippen LogP contribution in [0.15, 0.2) is 35.9 Å². The first-order valence-electron chi connectivity index (χ1n) is 10.8. The molecule has 2 N–H and O–H groups in total. The first-order valence-corrected chi connectivity index (χ1v) is 12.4. The van der Waals surface area contributed by atoms with E-state index in [9.17, 15) is 18.5 Å². The summed E-state index contributed by atoms with van der Waals surface area (Å²) in [5, 5.41) is 12.3. The Bertz CT molecular complexity index is 1170. The van der Waals surface area contributed by atoms with Crippen LogP contribution in [0.2, 0.25) is 0 Å². The summed E-state index contributed by atoms with van der Waals surface area (Å²) in [6.07, 6.45) is 3.99. The van der Waals surface area contributed by atoms with Gasteiger partial charge in [-0.1, -0.05) is 24.3 Å². The van der Waals surface area contributed by atoms with Gasteiger partial charge in [-0.15, -0.1) is 0 Å². The zero-order chi connectivity index (χ0) is 23.5. The third kappa shape index (κ3) is 6.09. The fourth-order valence-corrected chi connectivity index (χ4v) is 5.23. The number of nitrogens with zero attached hydrogens (tertiary/aromatic N) is 2. The summed E-state index contributed by atoms with van der Waals surface area (Å²) in [5.74, 6) is -0.533. The molecule has 0 spiro atoms. The molecule has 1 aromatic carbocycles. The standard InChI is InChI=1S/C24H30N4O3S/c1-16(2)27-32(30,31)15-20-7-5-19(6-8-20)14-26-24(29)22(13-25)12-21-11-17(3)28(18(21)4)23-9-10-23/h5-8,11-12,16,23,27H,9-10,14-15H2,1-4H3,(H,26,29)/b22-12+. The number of nitriles is 1. The summed E-state index contributed by atoms with van der Waals surface area (Å²) in [5.41, 5.74) is 4.64. The Morgan fingerprint density at radius 1 is 1.22 bits per heavy atom. The second-order valence-electron chi connectivity index (χ2n) is 8.63. The molecule has 1 aliphatic carbocycles. The summed E-state index contributed by atoms with van der Waals surface area (Å²) in [6.45, 7) is 7.86. The molecule has 0 aliphatic heterocycles. The van der Waals surface area contributed by atoms with Gasteiger partial charge in [0, 0.05) is 30.0 Å². The van der Waals surface area contributed by atoms with Crippen LogP contribution in [0.5, 0.6) is 0 Å². The molecule has 3 rings (SSSR count). The number of hydrogen-bond acceptors (Lipinski definition) is 4. The van der Waals surface area contributed by atoms with E-state index >= 15 is 0 Å². The van der Waals surface area contributed by atoms with E-state index < -0.39 is 15.9 Å². The fourth-order valence-electron chi connectivity index (χ4n) is 3.80. The van der Waals surface area contributed by atoms with Gasteiger partial charge in [-0.3, -0.25) is 4.79 Å². The van der Waals surface area contributed by atoms with Crippen LogP contribution in [0, 0.1) is 25.2 Å². The average Bonchev–Trinajstić information content (AvgIpc) is 3.49. The lowest BCUT2D eigenvalue weighted by Crippen LogP contribution is -2.31. The Morgan fingerprint density at radius 3 is 2.41 bits per heavy atom. The zero-order valence-electron chi connectivity index (χ0n) is 19.0. The zero-order valence-corrected chi connectivity index (χ0v) is 19.8. The molecule has 8 heteroatoms. The second kappa shape index (κ2) is 9.72. The summed E-state index contributed by atoms with van der Waals surface area (Å²) in [4.78, 5) is 12.6. The maximum atomic E-state index is 12.6. The van der Waals surface area contributed by atoms with Crippen molar-refractivity contribution in [3.8, 4) is 6.07 Å². The van der Waals surface area contributed by atoms with Crippen LogP contribution in [0.4, 0.5) is 0 Å². The molecular formula is C24H30N4O3S. The van der Waals surface area contributed by atoms with Gasteiger partial charge in [0.05, 0.1) is 5.75 Å². The number of benzene rings is 1. The number of nitrogens with one attached hydrogen (secondary N) is 2. The van der Waals surface area contributed by atoms with Gasteiger partial charge >= 0.3 is 0 Å². The van der Waals surface area contributed by atoms with Crippen LogP contribution < -0.4 is 10.0 Å². The van der Waals surface area contributed by atoms with Gasteiger partial charge in [-0.05, 0) is 69.4 Å². The normalized spacial score (nSPS) is 14.4. The van der Waals surface area contributed by atoms with Crippen molar-refractivity contribution >= 4 is 22.0 Å². The van der Waals surface area contributed by atoms with Crippen LogP contribution in [0.1, 0.15) is 60.8 Å². The minimum absolute atomic E-state index is 0.0588. The first-order chi connectivity index (χ1) is 15.1. The predicted molar refractivity (Wildman–Crippen MR) is 125 cm³/mol. The molecule has 0 unspecified atom stereocenters. The fraction of sp³-hybridized carbons (Fsp3) is 0.417. The van der Waals surface area contributed by atoms with Crippen molar-refractivity contribution in [1.82, 2.24) is 14.6 Å². The molecule has 1 fully saturated rings. The van der Waals surface area contributed by atoms with Crippen molar-refractivity contribution in [3.63, 3.8) is 0 Å². The van der Waals surface area contributed by atoms with Gasteiger partial charge in [0.25, 0.3) is 5.91 Å². The Kier molecular flexibility index (Phi) is 7.22. The molecule has 7 nitrogen and oxygen atoms in total. The molecule has 0 atom stereocenters. The third-order valence-electron chi connectivity index (χ3n) is 5.35. The maximum Gasteiger partial charge on any atom is 0.262 e. The minimum atomic E-state index is -3.39. The van der Waals surface area contributed by atoms with E-state index in [0.29, 0.717) is 11.6 Å². The minimum Gasteiger partial charge on any atom is -0.347 e. The highest BCUT2D eigenvalue weighted by Gasteiger charge is 2.26. The largest absolute Gasteiger partial charge is 0.347 e. The molecule has 1 amide bonds. The van der Waals surface area contributed by atoms with Crippen LogP contribution in [0.25, 0.3) is 6.08 Å². The Morgan fingerprint density at radius 2 is 1.84 bits per heavy atom. The Hall–Kier alpha value is -2.89. The molecule has 0 bridgehead atoms. The number of rotatable bonds is 9. The SMILES string of the molecule is Cc1cc(/C=C(\C#N)C(=O)NCc2ccc(CS(=O)(=O)NC(C)C)cc2)c(C)n1C1CC1. The van der Waals surface area contributed by atoms with Gasteiger partial charge in [0.1, 0.15) is 11.6 Å². The van der Waals surface area contributed by atoms with Gasteiger partial charge in [-0.25, -0.2) is 13.1 Å². The monoisotopic (exact) mass is 454 g/mol. The van der Waals surface area contributed by atoms with E-state index in [-0.39, 0.29) is 23.9 Å². The first kappa shape index (κ1) is 23.8. The number of aryl methyl sites for hydroxylation is 1. The van der Waals surface area contributed by atoms with Crippen molar-refractivity contribution in [1.29, 1.82) is 5.26 Å². The lowest BCUT2D eigenvalue weighted by Gasteiger charge is -2.10. The van der Waals surface area contributed by atoms with E-state index in [1.807, 2.05) is 26.0 Å². The number of sulfonamides is 1. The van der Waals surface area contributed by atoms with Gasteiger partial charge < -0.3 is 9.88 Å². The third-order valence-corrected chi connectivity index (χ3v) is 6.89. The molecule has 2 aromatic rings. The smallest absolute Gasteiger partial charge is 0.262 e. The van der Waals surface area contributed by atoms with Crippen LogP contribution >= 0.6 is 0 Å². The van der Waals surface area contributed by atoms with Crippen LogP contribution in [0.3, 0.4) is 0 Å². The van der Waals surface area contributed by atoms with Crippen molar-refractivity contribution in [3.05, 3.63) is 64.0 Å². The second-order valence-corrected chi connectivity index (χ2v) is 10.4. The molecule has 1 heterocycles. The van der Waals surface area contributed by atoms with E-state index in [1.165, 1.54) is 12.8 Å². The van der Waals surface area contributed by atoms with E-state index in [2.05, 4.69) is 14.6 Å². The molecule has 1 saturated carbocycles. The molecule has 0 radical (unpaired) electrons. The molecule has 32 heavy (non-hydrogen) atoms. The van der Waals surface area contributed by atoms with E-state index in [1.54, 1.807) is 44.2 Å². The lowest BCUT2D eigenvalue weighted by atomic mass is 10.1. The highest BCUT2D eigenvalue weighted by atomic mass is 32.2. The van der Waals surface area contributed by atoms with Crippen molar-refractivity contribution in [2.75, 3.05) is 0 Å². The topological polar surface area (TPSA) is 104 Å². The number of carbonyl (C=O) groups is 1. The molecular weight excluding hydrogens is 424 g/mol. The summed E-state index contributed by atoms with van der Waals surface area (Å²) >= 11 is 0. The van der Waals surface area contributed by atoms with Gasteiger partial charge in [0.15, 0.2) is 0 Å². The number of carbonyl (C=O) groups excluding carboxylic acids is 1. The van der Waals surface area contributed by atoms with Crippen molar-refractivity contribution < 1.29 is 13.2 Å². The number of amides is 1. The molecule has 1 aromatic heterocycles. The Balaban J connectivity index is 1.63. The average molecular weight is 455 g/mol. The molecule has 0 saturated heterocycles. The van der Waals surface area contributed by atoms with Gasteiger partial charge in [-0.2, -0.15) is 5.26 Å². The highest BCUT2D eigenvalue weighted by Crippen LogP contribution is 2.38. The molecule has 170 valence electrons. The van der Waals surface area contributed by atoms with Crippen molar-refractivity contribution in [2.24, 2.45) is 0 Å². The summed E-state index contributed by atoms with van der Waals surface area (Å²) in [7, 11) is -3.39. The Labute approximate surface area is 190 Å².